The second kappa shape index (κ2) is 4.80. The Morgan fingerprint density at radius 2 is 1.86 bits per heavy atom. The number of carbonyl (C=O) groups is 1. The van der Waals surface area contributed by atoms with Gasteiger partial charge in [0.15, 0.2) is 0 Å². The van der Waals surface area contributed by atoms with Gasteiger partial charge in [0.1, 0.15) is 11.5 Å². The van der Waals surface area contributed by atoms with Crippen LogP contribution in [0.5, 0.6) is 0 Å². The maximum absolute atomic E-state index is 13.5. The van der Waals surface area contributed by atoms with Gasteiger partial charge < -0.3 is 5.32 Å². The Kier molecular flexibility index (Phi) is 2.79. The third kappa shape index (κ3) is 1.90. The van der Waals surface area contributed by atoms with Crippen molar-refractivity contribution in [3.8, 4) is 11.3 Å². The van der Waals surface area contributed by atoms with Crippen molar-refractivity contribution < 1.29 is 9.18 Å². The zero-order valence-electron chi connectivity index (χ0n) is 11.5. The molecule has 0 saturated heterocycles. The van der Waals surface area contributed by atoms with Gasteiger partial charge in [-0.25, -0.2) is 4.39 Å². The van der Waals surface area contributed by atoms with Gasteiger partial charge in [0.25, 0.3) is 5.91 Å². The van der Waals surface area contributed by atoms with Crippen molar-refractivity contribution >= 4 is 5.91 Å². The number of hydrogen-bond acceptors (Lipinski definition) is 2. The maximum Gasteiger partial charge on any atom is 0.270 e. The number of nitrogens with zero attached hydrogens (tertiary/aromatic N) is 1. The number of carbonyl (C=O) groups excluding carboxylic acids is 1. The van der Waals surface area contributed by atoms with Gasteiger partial charge in [-0.15, -0.1) is 0 Å². The van der Waals surface area contributed by atoms with E-state index in [0.29, 0.717) is 17.0 Å². The molecule has 3 aromatic rings. The molecular weight excluding hydrogens is 281 g/mol. The Labute approximate surface area is 126 Å². The summed E-state index contributed by atoms with van der Waals surface area (Å²) < 4.78 is 13.5. The molecule has 2 N–H and O–H groups in total. The lowest BCUT2D eigenvalue weighted by Crippen LogP contribution is -2.21. The molecule has 2 aromatic carbocycles. The highest BCUT2D eigenvalue weighted by Crippen LogP contribution is 2.36. The summed E-state index contributed by atoms with van der Waals surface area (Å²) in [7, 11) is 0. The van der Waals surface area contributed by atoms with Crippen molar-refractivity contribution in [2.24, 2.45) is 0 Å². The van der Waals surface area contributed by atoms with Crippen LogP contribution in [0.2, 0.25) is 0 Å². The molecule has 0 fully saturated rings. The Morgan fingerprint density at radius 1 is 1.05 bits per heavy atom. The number of H-pyrrole nitrogens is 1. The van der Waals surface area contributed by atoms with Crippen LogP contribution in [0.15, 0.2) is 54.6 Å². The number of fused-ring (bicyclic) bond motifs is 1. The molecule has 1 unspecified atom stereocenters. The van der Waals surface area contributed by atoms with Crippen LogP contribution < -0.4 is 5.32 Å². The van der Waals surface area contributed by atoms with E-state index in [2.05, 4.69) is 15.5 Å². The SMILES string of the molecule is O=C1NC(c2cccc(F)c2)c2c(-c3ccccc3)n[nH]c21. The van der Waals surface area contributed by atoms with Gasteiger partial charge >= 0.3 is 0 Å². The molecule has 0 bridgehead atoms. The summed E-state index contributed by atoms with van der Waals surface area (Å²) in [5.41, 5.74) is 3.53. The van der Waals surface area contributed by atoms with Crippen LogP contribution in [-0.4, -0.2) is 16.1 Å². The lowest BCUT2D eigenvalue weighted by atomic mass is 9.97. The second-order valence-electron chi connectivity index (χ2n) is 5.19. The monoisotopic (exact) mass is 293 g/mol. The van der Waals surface area contributed by atoms with Crippen molar-refractivity contribution in [1.82, 2.24) is 15.5 Å². The average Bonchev–Trinajstić information content (AvgIpc) is 3.10. The van der Waals surface area contributed by atoms with Crippen LogP contribution in [0.4, 0.5) is 4.39 Å². The van der Waals surface area contributed by atoms with Crippen molar-refractivity contribution in [3.63, 3.8) is 0 Å². The molecule has 2 heterocycles. The Bertz CT molecular complexity index is 857. The van der Waals surface area contributed by atoms with E-state index < -0.39 is 6.04 Å². The van der Waals surface area contributed by atoms with E-state index in [-0.39, 0.29) is 11.7 Å². The predicted octanol–water partition coefficient (Wildman–Crippen LogP) is 3.05. The Morgan fingerprint density at radius 3 is 2.64 bits per heavy atom. The molecule has 1 atom stereocenters. The standard InChI is InChI=1S/C17H12FN3O/c18-12-8-4-7-11(9-12)14-13-15(10-5-2-1-3-6-10)20-21-16(13)17(22)19-14/h1-9,14H,(H,19,22)(H,20,21). The summed E-state index contributed by atoms with van der Waals surface area (Å²) in [5, 5.41) is 9.95. The average molecular weight is 293 g/mol. The largest absolute Gasteiger partial charge is 0.340 e. The van der Waals surface area contributed by atoms with E-state index in [4.69, 9.17) is 0 Å². The molecule has 108 valence electrons. The summed E-state index contributed by atoms with van der Waals surface area (Å²) in [6, 6.07) is 15.5. The van der Waals surface area contributed by atoms with Gasteiger partial charge in [-0.2, -0.15) is 5.10 Å². The topological polar surface area (TPSA) is 57.8 Å². The number of halogens is 1. The summed E-state index contributed by atoms with van der Waals surface area (Å²) in [5.74, 6) is -0.552. The third-order valence-corrected chi connectivity index (χ3v) is 3.82. The first-order valence-electron chi connectivity index (χ1n) is 6.94. The molecule has 0 radical (unpaired) electrons. The molecule has 1 amide bonds. The highest BCUT2D eigenvalue weighted by atomic mass is 19.1. The van der Waals surface area contributed by atoms with Gasteiger partial charge in [0.2, 0.25) is 0 Å². The quantitative estimate of drug-likeness (QED) is 0.763. The van der Waals surface area contributed by atoms with Crippen molar-refractivity contribution in [2.75, 3.05) is 0 Å². The molecule has 0 spiro atoms. The van der Waals surface area contributed by atoms with E-state index in [0.717, 1.165) is 11.1 Å². The first-order valence-corrected chi connectivity index (χ1v) is 6.94. The van der Waals surface area contributed by atoms with Crippen LogP contribution in [-0.2, 0) is 0 Å². The fraction of sp³-hybridized carbons (Fsp3) is 0.0588. The smallest absolute Gasteiger partial charge is 0.270 e. The summed E-state index contributed by atoms with van der Waals surface area (Å²) in [4.78, 5) is 12.1. The van der Waals surface area contributed by atoms with Gasteiger partial charge in [-0.3, -0.25) is 9.89 Å². The van der Waals surface area contributed by atoms with E-state index in [1.54, 1.807) is 12.1 Å². The van der Waals surface area contributed by atoms with Crippen LogP contribution in [0, 0.1) is 5.82 Å². The molecule has 4 rings (SSSR count). The van der Waals surface area contributed by atoms with E-state index in [1.807, 2.05) is 30.3 Å². The zero-order valence-corrected chi connectivity index (χ0v) is 11.5. The first kappa shape index (κ1) is 12.8. The minimum absolute atomic E-state index is 0.223. The molecule has 1 aliphatic heterocycles. The summed E-state index contributed by atoms with van der Waals surface area (Å²) >= 11 is 0. The fourth-order valence-corrected chi connectivity index (χ4v) is 2.83. The highest BCUT2D eigenvalue weighted by Gasteiger charge is 2.35. The number of aromatic amines is 1. The predicted molar refractivity (Wildman–Crippen MR) is 79.7 cm³/mol. The molecule has 1 aliphatic rings. The van der Waals surface area contributed by atoms with Crippen molar-refractivity contribution in [3.05, 3.63) is 77.2 Å². The molecule has 4 nitrogen and oxygen atoms in total. The lowest BCUT2D eigenvalue weighted by molar-refractivity contribution is 0.0955. The van der Waals surface area contributed by atoms with Gasteiger partial charge in [0, 0.05) is 11.1 Å². The third-order valence-electron chi connectivity index (χ3n) is 3.82. The van der Waals surface area contributed by atoms with Gasteiger partial charge in [0.05, 0.1) is 11.7 Å². The summed E-state index contributed by atoms with van der Waals surface area (Å²) in [6.07, 6.45) is 0. The van der Waals surface area contributed by atoms with Crippen molar-refractivity contribution in [2.45, 2.75) is 6.04 Å². The summed E-state index contributed by atoms with van der Waals surface area (Å²) in [6.45, 7) is 0. The van der Waals surface area contributed by atoms with E-state index >= 15 is 0 Å². The number of rotatable bonds is 2. The zero-order chi connectivity index (χ0) is 15.1. The second-order valence-corrected chi connectivity index (χ2v) is 5.19. The number of nitrogens with one attached hydrogen (secondary N) is 2. The first-order chi connectivity index (χ1) is 10.7. The lowest BCUT2D eigenvalue weighted by Gasteiger charge is -2.13. The molecular formula is C17H12FN3O. The van der Waals surface area contributed by atoms with Crippen LogP contribution in [0.3, 0.4) is 0 Å². The minimum atomic E-state index is -0.396. The number of hydrogen-bond donors (Lipinski definition) is 2. The van der Waals surface area contributed by atoms with E-state index in [9.17, 15) is 9.18 Å². The van der Waals surface area contributed by atoms with Crippen LogP contribution in [0.25, 0.3) is 11.3 Å². The number of aromatic nitrogens is 2. The normalized spacial score (nSPS) is 16.4. The molecule has 22 heavy (non-hydrogen) atoms. The maximum atomic E-state index is 13.5. The molecule has 1 aromatic heterocycles. The molecule has 5 heteroatoms. The fourth-order valence-electron chi connectivity index (χ4n) is 2.83. The molecule has 0 saturated carbocycles. The number of benzene rings is 2. The van der Waals surface area contributed by atoms with Crippen LogP contribution >= 0.6 is 0 Å². The minimum Gasteiger partial charge on any atom is -0.340 e. The Hall–Kier alpha value is -2.95. The molecule has 0 aliphatic carbocycles. The highest BCUT2D eigenvalue weighted by molar-refractivity contribution is 6.00. The number of amides is 1. The van der Waals surface area contributed by atoms with Gasteiger partial charge in [-0.05, 0) is 17.7 Å². The Balaban J connectivity index is 1.88. The van der Waals surface area contributed by atoms with Crippen LogP contribution in [0.1, 0.15) is 27.7 Å². The van der Waals surface area contributed by atoms with E-state index in [1.165, 1.54) is 12.1 Å². The van der Waals surface area contributed by atoms with Crippen molar-refractivity contribution in [1.29, 1.82) is 0 Å². The van der Waals surface area contributed by atoms with Gasteiger partial charge in [-0.1, -0.05) is 42.5 Å².